The molecule has 0 atom stereocenters. The summed E-state index contributed by atoms with van der Waals surface area (Å²) in [6, 6.07) is 1.25. The van der Waals surface area contributed by atoms with Gasteiger partial charge in [-0.2, -0.15) is 4.31 Å². The van der Waals surface area contributed by atoms with Crippen LogP contribution in [0.15, 0.2) is 16.3 Å². The maximum atomic E-state index is 12.2. The molecule has 0 aliphatic heterocycles. The molecule has 0 spiro atoms. The van der Waals surface area contributed by atoms with Crippen molar-refractivity contribution in [1.29, 1.82) is 0 Å². The molecule has 1 aromatic heterocycles. The highest BCUT2D eigenvalue weighted by atomic mass is 32.2. The summed E-state index contributed by atoms with van der Waals surface area (Å²) in [4.78, 5) is 10.4. The number of likely N-dealkylation sites (N-methyl/N-ethyl adjacent to an activating group) is 1. The van der Waals surface area contributed by atoms with Gasteiger partial charge in [0.15, 0.2) is 0 Å². The first-order valence-corrected chi connectivity index (χ1v) is 7.37. The Morgan fingerprint density at radius 2 is 2.06 bits per heavy atom. The maximum absolute atomic E-state index is 12.2. The third-order valence-electron chi connectivity index (χ3n) is 2.12. The Kier molecular flexibility index (Phi) is 4.16. The molecule has 1 rings (SSSR count). The van der Waals surface area contributed by atoms with Crippen molar-refractivity contribution in [2.75, 3.05) is 13.6 Å². The van der Waals surface area contributed by atoms with Gasteiger partial charge in [-0.25, -0.2) is 13.2 Å². The van der Waals surface area contributed by atoms with Crippen LogP contribution in [0.2, 0.25) is 0 Å². The van der Waals surface area contributed by atoms with E-state index in [1.165, 1.54) is 32.3 Å². The van der Waals surface area contributed by atoms with E-state index in [1.807, 2.05) is 0 Å². The lowest BCUT2D eigenvalue weighted by Crippen LogP contribution is -2.39. The van der Waals surface area contributed by atoms with E-state index in [1.54, 1.807) is 0 Å². The molecule has 0 saturated heterocycles. The number of carboxylic acids is 1. The Morgan fingerprint density at radius 3 is 2.50 bits per heavy atom. The minimum absolute atomic E-state index is 0.121. The first-order chi connectivity index (χ1) is 8.05. The van der Waals surface area contributed by atoms with Crippen molar-refractivity contribution in [1.82, 2.24) is 4.31 Å². The Hall–Kier alpha value is -0.960. The van der Waals surface area contributed by atoms with Crippen LogP contribution >= 0.6 is 11.3 Å². The Labute approximate surface area is 110 Å². The maximum Gasteiger partial charge on any atom is 0.347 e. The molecule has 0 unspecified atom stereocenters. The van der Waals surface area contributed by atoms with Crippen molar-refractivity contribution in [3.63, 3.8) is 0 Å². The fraction of sp³-hybridized carbons (Fsp3) is 0.500. The topological polar surface area (TPSA) is 94.9 Å². The number of aliphatic hydroxyl groups is 1. The second-order valence-corrected chi connectivity index (χ2v) is 7.42. The monoisotopic (exact) mass is 293 g/mol. The summed E-state index contributed by atoms with van der Waals surface area (Å²) < 4.78 is 25.3. The van der Waals surface area contributed by atoms with Gasteiger partial charge in [0.25, 0.3) is 0 Å². The van der Waals surface area contributed by atoms with E-state index in [4.69, 9.17) is 5.11 Å². The molecule has 0 amide bonds. The molecule has 2 N–H and O–H groups in total. The molecule has 0 aromatic carbocycles. The zero-order valence-corrected chi connectivity index (χ0v) is 11.9. The van der Waals surface area contributed by atoms with Crippen LogP contribution < -0.4 is 0 Å². The second kappa shape index (κ2) is 4.96. The van der Waals surface area contributed by atoms with Gasteiger partial charge in [0.05, 0.1) is 5.60 Å². The van der Waals surface area contributed by atoms with Crippen LogP contribution in [0.4, 0.5) is 0 Å². The third kappa shape index (κ3) is 3.29. The van der Waals surface area contributed by atoms with Gasteiger partial charge in [-0.1, -0.05) is 0 Å². The fourth-order valence-corrected chi connectivity index (χ4v) is 4.01. The molecule has 1 aromatic rings. The van der Waals surface area contributed by atoms with Crippen molar-refractivity contribution >= 4 is 27.3 Å². The summed E-state index contributed by atoms with van der Waals surface area (Å²) in [5.74, 6) is -1.28. The lowest BCUT2D eigenvalue weighted by molar-refractivity contribution is 0.0640. The number of carboxylic acid groups (broad SMARTS) is 1. The van der Waals surface area contributed by atoms with E-state index in [-0.39, 0.29) is 16.3 Å². The standard InChI is InChI=1S/C10H15NO5S2/c1-10(2,14)6-11(3)18(15,16)7-4-5-17-8(7)9(12)13/h4-5,14H,6H2,1-3H3,(H,12,13). The van der Waals surface area contributed by atoms with E-state index in [9.17, 15) is 18.3 Å². The average Bonchev–Trinajstić information content (AvgIpc) is 2.63. The molecule has 8 heteroatoms. The Bertz CT molecular complexity index is 541. The average molecular weight is 293 g/mol. The summed E-state index contributed by atoms with van der Waals surface area (Å²) in [5, 5.41) is 19.9. The molecule has 6 nitrogen and oxygen atoms in total. The molecule has 1 heterocycles. The summed E-state index contributed by atoms with van der Waals surface area (Å²) in [6.07, 6.45) is 0. The summed E-state index contributed by atoms with van der Waals surface area (Å²) in [6.45, 7) is 2.83. The van der Waals surface area contributed by atoms with Crippen LogP contribution in [-0.2, 0) is 10.0 Å². The summed E-state index contributed by atoms with van der Waals surface area (Å²) >= 11 is 0.852. The first kappa shape index (κ1) is 15.1. The van der Waals surface area contributed by atoms with Gasteiger partial charge >= 0.3 is 5.97 Å². The molecule has 0 saturated carbocycles. The van der Waals surface area contributed by atoms with E-state index >= 15 is 0 Å². The van der Waals surface area contributed by atoms with Crippen molar-refractivity contribution in [2.45, 2.75) is 24.3 Å². The van der Waals surface area contributed by atoms with Crippen LogP contribution in [0.1, 0.15) is 23.5 Å². The summed E-state index contributed by atoms with van der Waals surface area (Å²) in [7, 11) is -2.60. The molecule has 102 valence electrons. The molecule has 0 radical (unpaired) electrons. The van der Waals surface area contributed by atoms with Crippen LogP contribution in [0, 0.1) is 0 Å². The normalized spacial score (nSPS) is 12.9. The lowest BCUT2D eigenvalue weighted by atomic mass is 10.1. The molecular weight excluding hydrogens is 278 g/mol. The molecule has 0 aliphatic rings. The van der Waals surface area contributed by atoms with Crippen LogP contribution in [0.25, 0.3) is 0 Å². The third-order valence-corrected chi connectivity index (χ3v) is 5.00. The number of hydrogen-bond donors (Lipinski definition) is 2. The highest BCUT2D eigenvalue weighted by Gasteiger charge is 2.30. The van der Waals surface area contributed by atoms with Crippen molar-refractivity contribution < 1.29 is 23.4 Å². The number of sulfonamides is 1. The van der Waals surface area contributed by atoms with E-state index in [0.29, 0.717) is 0 Å². The molecule has 0 fully saturated rings. The molecular formula is C10H15NO5S2. The van der Waals surface area contributed by atoms with Crippen molar-refractivity contribution in [3.8, 4) is 0 Å². The molecule has 18 heavy (non-hydrogen) atoms. The van der Waals surface area contributed by atoms with Crippen molar-refractivity contribution in [3.05, 3.63) is 16.3 Å². The Balaban J connectivity index is 3.14. The van der Waals surface area contributed by atoms with E-state index < -0.39 is 21.6 Å². The zero-order chi connectivity index (χ0) is 14.1. The van der Waals surface area contributed by atoms with Crippen LogP contribution in [0.3, 0.4) is 0 Å². The highest BCUT2D eigenvalue weighted by Crippen LogP contribution is 2.25. The van der Waals surface area contributed by atoms with Gasteiger partial charge in [0.2, 0.25) is 10.0 Å². The predicted molar refractivity (Wildman–Crippen MR) is 67.4 cm³/mol. The second-order valence-electron chi connectivity index (χ2n) is 4.49. The quantitative estimate of drug-likeness (QED) is 0.838. The van der Waals surface area contributed by atoms with Gasteiger partial charge in [0.1, 0.15) is 9.77 Å². The van der Waals surface area contributed by atoms with Gasteiger partial charge in [-0.05, 0) is 25.3 Å². The first-order valence-electron chi connectivity index (χ1n) is 5.05. The zero-order valence-electron chi connectivity index (χ0n) is 10.2. The lowest BCUT2D eigenvalue weighted by Gasteiger charge is -2.24. The number of hydrogen-bond acceptors (Lipinski definition) is 5. The van der Waals surface area contributed by atoms with Crippen LogP contribution in [0.5, 0.6) is 0 Å². The number of carbonyl (C=O) groups is 1. The van der Waals surface area contributed by atoms with Crippen molar-refractivity contribution in [2.24, 2.45) is 0 Å². The number of rotatable bonds is 5. The summed E-state index contributed by atoms with van der Waals surface area (Å²) in [5.41, 5.74) is -1.19. The van der Waals surface area contributed by atoms with Gasteiger partial charge in [-0.15, -0.1) is 11.3 Å². The van der Waals surface area contributed by atoms with E-state index in [2.05, 4.69) is 0 Å². The van der Waals surface area contributed by atoms with Crippen LogP contribution in [-0.4, -0.2) is 48.1 Å². The Morgan fingerprint density at radius 1 is 1.50 bits per heavy atom. The number of aromatic carboxylic acids is 1. The molecule has 0 bridgehead atoms. The number of thiophene rings is 1. The molecule has 0 aliphatic carbocycles. The number of nitrogens with zero attached hydrogens (tertiary/aromatic N) is 1. The SMILES string of the molecule is CN(CC(C)(C)O)S(=O)(=O)c1ccsc1C(=O)O. The highest BCUT2D eigenvalue weighted by molar-refractivity contribution is 7.89. The van der Waals surface area contributed by atoms with E-state index in [0.717, 1.165) is 15.6 Å². The van der Waals surface area contributed by atoms with Gasteiger partial charge in [-0.3, -0.25) is 0 Å². The minimum Gasteiger partial charge on any atom is -0.477 e. The minimum atomic E-state index is -3.90. The van der Waals surface area contributed by atoms with Gasteiger partial charge < -0.3 is 10.2 Å². The smallest absolute Gasteiger partial charge is 0.347 e. The largest absolute Gasteiger partial charge is 0.477 e. The fourth-order valence-electron chi connectivity index (χ4n) is 1.45. The van der Waals surface area contributed by atoms with Gasteiger partial charge in [0, 0.05) is 13.6 Å². The predicted octanol–water partition coefficient (Wildman–Crippen LogP) is 0.838.